The van der Waals surface area contributed by atoms with E-state index in [2.05, 4.69) is 21.7 Å². The number of hydrogen-bond donors (Lipinski definition) is 0. The zero-order chi connectivity index (χ0) is 15.0. The van der Waals surface area contributed by atoms with Crippen LogP contribution >= 0.6 is 11.3 Å². The SMILES string of the molecule is O=C1CC2(CCN(Cc3ccsc3)CC2)Oc2ccccc21. The minimum Gasteiger partial charge on any atom is -0.486 e. The van der Waals surface area contributed by atoms with Crippen molar-refractivity contribution < 1.29 is 9.53 Å². The second kappa shape index (κ2) is 5.52. The first-order valence-electron chi connectivity index (χ1n) is 7.79. The van der Waals surface area contributed by atoms with E-state index in [-0.39, 0.29) is 11.4 Å². The smallest absolute Gasteiger partial charge is 0.170 e. The molecule has 2 aromatic rings. The van der Waals surface area contributed by atoms with Crippen LogP contribution in [0.2, 0.25) is 0 Å². The first-order chi connectivity index (χ1) is 10.7. The molecule has 4 heteroatoms. The standard InChI is InChI=1S/C18H19NO2S/c20-16-11-18(21-17-4-2-1-3-15(16)17)6-8-19(9-7-18)12-14-5-10-22-13-14/h1-5,10,13H,6-9,11-12H2. The van der Waals surface area contributed by atoms with Crippen molar-refractivity contribution in [3.8, 4) is 5.75 Å². The Morgan fingerprint density at radius 3 is 2.77 bits per heavy atom. The minimum absolute atomic E-state index is 0.230. The molecule has 3 nitrogen and oxygen atoms in total. The average Bonchev–Trinajstić information content (AvgIpc) is 3.03. The van der Waals surface area contributed by atoms with Crippen LogP contribution in [0.25, 0.3) is 0 Å². The number of carbonyl (C=O) groups is 1. The predicted octanol–water partition coefficient (Wildman–Crippen LogP) is 3.75. The molecule has 114 valence electrons. The molecule has 1 saturated heterocycles. The highest BCUT2D eigenvalue weighted by atomic mass is 32.1. The van der Waals surface area contributed by atoms with Gasteiger partial charge < -0.3 is 4.74 Å². The Bertz CT molecular complexity index is 672. The summed E-state index contributed by atoms with van der Waals surface area (Å²) in [7, 11) is 0. The lowest BCUT2D eigenvalue weighted by Gasteiger charge is -2.44. The van der Waals surface area contributed by atoms with Crippen molar-refractivity contribution in [1.82, 2.24) is 4.90 Å². The van der Waals surface area contributed by atoms with Gasteiger partial charge in [-0.05, 0) is 34.5 Å². The summed E-state index contributed by atoms with van der Waals surface area (Å²) in [6.07, 6.45) is 2.38. The van der Waals surface area contributed by atoms with Crippen LogP contribution in [-0.2, 0) is 6.54 Å². The maximum absolute atomic E-state index is 12.4. The van der Waals surface area contributed by atoms with E-state index in [0.717, 1.165) is 43.8 Å². The highest BCUT2D eigenvalue weighted by Crippen LogP contribution is 2.39. The molecule has 3 heterocycles. The number of ketones is 1. The molecule has 1 aromatic heterocycles. The van der Waals surface area contributed by atoms with Gasteiger partial charge in [-0.15, -0.1) is 0 Å². The van der Waals surface area contributed by atoms with Crippen LogP contribution in [0.15, 0.2) is 41.1 Å². The number of fused-ring (bicyclic) bond motifs is 1. The lowest BCUT2D eigenvalue weighted by molar-refractivity contribution is -0.0107. The van der Waals surface area contributed by atoms with Crippen molar-refractivity contribution in [3.05, 3.63) is 52.2 Å². The average molecular weight is 313 g/mol. The fraction of sp³-hybridized carbons (Fsp3) is 0.389. The summed E-state index contributed by atoms with van der Waals surface area (Å²) in [5.41, 5.74) is 1.84. The van der Waals surface area contributed by atoms with Gasteiger partial charge in [-0.3, -0.25) is 9.69 Å². The summed E-state index contributed by atoms with van der Waals surface area (Å²) in [5, 5.41) is 4.34. The quantitative estimate of drug-likeness (QED) is 0.846. The minimum atomic E-state index is -0.281. The number of nitrogens with zero attached hydrogens (tertiary/aromatic N) is 1. The second-order valence-corrected chi connectivity index (χ2v) is 7.07. The zero-order valence-electron chi connectivity index (χ0n) is 12.5. The van der Waals surface area contributed by atoms with E-state index in [9.17, 15) is 4.79 Å². The fourth-order valence-electron chi connectivity index (χ4n) is 3.48. The van der Waals surface area contributed by atoms with Gasteiger partial charge in [-0.1, -0.05) is 12.1 Å². The van der Waals surface area contributed by atoms with Crippen LogP contribution in [0.5, 0.6) is 5.75 Å². The number of carbonyl (C=O) groups excluding carboxylic acids is 1. The van der Waals surface area contributed by atoms with Crippen LogP contribution in [0.3, 0.4) is 0 Å². The zero-order valence-corrected chi connectivity index (χ0v) is 13.3. The summed E-state index contributed by atoms with van der Waals surface area (Å²) in [5.74, 6) is 0.998. The van der Waals surface area contributed by atoms with Gasteiger partial charge in [-0.2, -0.15) is 11.3 Å². The molecule has 1 aromatic carbocycles. The van der Waals surface area contributed by atoms with Gasteiger partial charge in [0.2, 0.25) is 0 Å². The molecular weight excluding hydrogens is 294 g/mol. The van der Waals surface area contributed by atoms with Crippen molar-refractivity contribution in [1.29, 1.82) is 0 Å². The van der Waals surface area contributed by atoms with Crippen molar-refractivity contribution >= 4 is 17.1 Å². The Morgan fingerprint density at radius 1 is 1.18 bits per heavy atom. The van der Waals surface area contributed by atoms with E-state index in [0.29, 0.717) is 6.42 Å². The maximum Gasteiger partial charge on any atom is 0.170 e. The molecule has 0 saturated carbocycles. The van der Waals surface area contributed by atoms with Gasteiger partial charge in [0.25, 0.3) is 0 Å². The van der Waals surface area contributed by atoms with E-state index in [4.69, 9.17) is 4.74 Å². The number of Topliss-reactive ketones (excluding diaryl/α,β-unsaturated/α-hetero) is 1. The molecule has 0 unspecified atom stereocenters. The van der Waals surface area contributed by atoms with E-state index in [1.165, 1.54) is 5.56 Å². The molecule has 2 aliphatic rings. The largest absolute Gasteiger partial charge is 0.486 e. The molecule has 1 fully saturated rings. The summed E-state index contributed by atoms with van der Waals surface area (Å²) >= 11 is 1.75. The molecule has 0 N–H and O–H groups in total. The molecule has 0 amide bonds. The van der Waals surface area contributed by atoms with E-state index >= 15 is 0 Å². The van der Waals surface area contributed by atoms with E-state index < -0.39 is 0 Å². The van der Waals surface area contributed by atoms with Gasteiger partial charge >= 0.3 is 0 Å². The number of thiophene rings is 1. The fourth-order valence-corrected chi connectivity index (χ4v) is 4.14. The Labute approximate surface area is 134 Å². The first kappa shape index (κ1) is 14.0. The van der Waals surface area contributed by atoms with Gasteiger partial charge in [0.05, 0.1) is 12.0 Å². The maximum atomic E-state index is 12.4. The molecule has 0 bridgehead atoms. The third-order valence-corrected chi connectivity index (χ3v) is 5.48. The van der Waals surface area contributed by atoms with Crippen molar-refractivity contribution in [2.75, 3.05) is 13.1 Å². The highest BCUT2D eigenvalue weighted by Gasteiger charge is 2.42. The van der Waals surface area contributed by atoms with E-state index in [1.807, 2.05) is 24.3 Å². The molecule has 22 heavy (non-hydrogen) atoms. The third kappa shape index (κ3) is 2.57. The molecule has 1 spiro atoms. The van der Waals surface area contributed by atoms with Crippen LogP contribution < -0.4 is 4.74 Å². The molecule has 0 radical (unpaired) electrons. The molecule has 2 aliphatic heterocycles. The monoisotopic (exact) mass is 313 g/mol. The summed E-state index contributed by atoms with van der Waals surface area (Å²) in [6.45, 7) is 2.99. The Balaban J connectivity index is 1.46. The number of piperidine rings is 1. The molecular formula is C18H19NO2S. The normalized spacial score (nSPS) is 20.6. The second-order valence-electron chi connectivity index (χ2n) is 6.29. The van der Waals surface area contributed by atoms with Crippen molar-refractivity contribution in [3.63, 3.8) is 0 Å². The molecule has 0 atom stereocenters. The Hall–Kier alpha value is -1.65. The number of rotatable bonds is 2. The van der Waals surface area contributed by atoms with Crippen molar-refractivity contribution in [2.24, 2.45) is 0 Å². The van der Waals surface area contributed by atoms with Gasteiger partial charge in [0.1, 0.15) is 11.4 Å². The number of hydrogen-bond acceptors (Lipinski definition) is 4. The third-order valence-electron chi connectivity index (χ3n) is 4.75. The summed E-state index contributed by atoms with van der Waals surface area (Å²) < 4.78 is 6.27. The lowest BCUT2D eigenvalue weighted by atomic mass is 9.82. The van der Waals surface area contributed by atoms with Gasteiger partial charge in [0.15, 0.2) is 5.78 Å². The van der Waals surface area contributed by atoms with E-state index in [1.54, 1.807) is 11.3 Å². The number of para-hydroxylation sites is 1. The highest BCUT2D eigenvalue weighted by molar-refractivity contribution is 7.07. The Morgan fingerprint density at radius 2 is 2.00 bits per heavy atom. The van der Waals surface area contributed by atoms with Gasteiger partial charge in [-0.25, -0.2) is 0 Å². The predicted molar refractivity (Wildman–Crippen MR) is 87.6 cm³/mol. The van der Waals surface area contributed by atoms with Crippen molar-refractivity contribution in [2.45, 2.75) is 31.4 Å². The lowest BCUT2D eigenvalue weighted by Crippen LogP contribution is -2.50. The summed E-state index contributed by atoms with van der Waals surface area (Å²) in [4.78, 5) is 14.9. The Kier molecular flexibility index (Phi) is 3.51. The molecule has 4 rings (SSSR count). The topological polar surface area (TPSA) is 29.5 Å². The van der Waals surface area contributed by atoms with Gasteiger partial charge in [0, 0.05) is 32.5 Å². The number of ether oxygens (including phenoxy) is 1. The van der Waals surface area contributed by atoms with Crippen LogP contribution in [0.4, 0.5) is 0 Å². The number of benzene rings is 1. The summed E-state index contributed by atoms with van der Waals surface area (Å²) in [6, 6.07) is 9.83. The number of likely N-dealkylation sites (tertiary alicyclic amines) is 1. The van der Waals surface area contributed by atoms with Crippen LogP contribution in [0.1, 0.15) is 35.2 Å². The van der Waals surface area contributed by atoms with Crippen LogP contribution in [0, 0.1) is 0 Å². The molecule has 0 aliphatic carbocycles. The van der Waals surface area contributed by atoms with Crippen LogP contribution in [-0.4, -0.2) is 29.4 Å². The first-order valence-corrected chi connectivity index (χ1v) is 8.73.